The highest BCUT2D eigenvalue weighted by molar-refractivity contribution is 6.00. The summed E-state index contributed by atoms with van der Waals surface area (Å²) in [5, 5.41) is 10.2. The Bertz CT molecular complexity index is 1240. The Hall–Kier alpha value is -3.76. The fourth-order valence-corrected chi connectivity index (χ4v) is 5.06. The van der Waals surface area contributed by atoms with Crippen LogP contribution in [0.5, 0.6) is 11.5 Å². The van der Waals surface area contributed by atoms with Crippen molar-refractivity contribution in [3.05, 3.63) is 82.3 Å². The number of nitrogens with two attached hydrogens (primary N) is 1. The van der Waals surface area contributed by atoms with Crippen LogP contribution in [0.25, 0.3) is 0 Å². The van der Waals surface area contributed by atoms with E-state index in [2.05, 4.69) is 19.9 Å². The quantitative estimate of drug-likeness (QED) is 0.578. The van der Waals surface area contributed by atoms with Gasteiger partial charge in [0, 0.05) is 31.3 Å². The number of ketones is 1. The molecule has 0 aromatic heterocycles. The number of nitrogens with zero attached hydrogens (tertiary/aromatic N) is 2. The first-order valence-corrected chi connectivity index (χ1v) is 12.1. The lowest BCUT2D eigenvalue weighted by Gasteiger charge is -2.43. The summed E-state index contributed by atoms with van der Waals surface area (Å²) in [7, 11) is 3.20. The summed E-state index contributed by atoms with van der Waals surface area (Å²) in [5.41, 5.74) is 10.1. The van der Waals surface area contributed by atoms with E-state index in [4.69, 9.17) is 19.9 Å². The number of carbonyl (C=O) groups excluding carboxylic acids is 1. The van der Waals surface area contributed by atoms with E-state index in [1.807, 2.05) is 53.4 Å². The molecule has 7 heteroatoms. The number of benzene rings is 2. The minimum atomic E-state index is -0.565. The number of ether oxygens (including phenoxy) is 3. The van der Waals surface area contributed by atoms with Crippen molar-refractivity contribution in [1.29, 1.82) is 5.26 Å². The first kappa shape index (κ1) is 25.3. The first-order chi connectivity index (χ1) is 17.3. The fourth-order valence-electron chi connectivity index (χ4n) is 5.06. The molecule has 1 aliphatic heterocycles. The van der Waals surface area contributed by atoms with E-state index in [-0.39, 0.29) is 11.2 Å². The SMILES string of the molecule is COCCN1C(N)=C(C#N)[C@H](c2ccc(OCc3ccccc3)c(OC)c2)C2=C1CC(C)(C)CC2=O. The second kappa shape index (κ2) is 10.5. The largest absolute Gasteiger partial charge is 0.493 e. The van der Waals surface area contributed by atoms with Crippen molar-refractivity contribution in [1.82, 2.24) is 4.90 Å². The number of hydrogen-bond donors (Lipinski definition) is 1. The van der Waals surface area contributed by atoms with Gasteiger partial charge < -0.3 is 24.8 Å². The van der Waals surface area contributed by atoms with E-state index < -0.39 is 5.92 Å². The number of rotatable bonds is 8. The van der Waals surface area contributed by atoms with Gasteiger partial charge in [-0.25, -0.2) is 0 Å². The molecule has 0 unspecified atom stereocenters. The number of Topliss-reactive ketones (excluding diaryl/α,β-unsaturated/α-hetero) is 1. The van der Waals surface area contributed by atoms with Crippen LogP contribution in [0, 0.1) is 16.7 Å². The normalized spacial score (nSPS) is 19.1. The van der Waals surface area contributed by atoms with E-state index in [0.717, 1.165) is 16.8 Å². The van der Waals surface area contributed by atoms with Gasteiger partial charge in [0.15, 0.2) is 17.3 Å². The summed E-state index contributed by atoms with van der Waals surface area (Å²) in [4.78, 5) is 15.4. The van der Waals surface area contributed by atoms with Crippen LogP contribution in [0.3, 0.4) is 0 Å². The number of nitriles is 1. The average molecular weight is 488 g/mol. The zero-order chi connectivity index (χ0) is 25.9. The topological polar surface area (TPSA) is 97.8 Å². The molecule has 2 aromatic carbocycles. The Labute approximate surface area is 212 Å². The van der Waals surface area contributed by atoms with Gasteiger partial charge in [0.05, 0.1) is 31.3 Å². The standard InChI is InChI=1S/C29H33N3O4/c1-29(2)15-22-27(23(33)16-29)26(21(17-30)28(31)32(22)12-13-34-3)20-10-11-24(25(14-20)35-4)36-18-19-8-6-5-7-9-19/h5-11,14,26H,12-13,15-16,18,31H2,1-4H3/t26-/m0/s1. The van der Waals surface area contributed by atoms with Crippen LogP contribution >= 0.6 is 0 Å². The molecule has 188 valence electrons. The average Bonchev–Trinajstić information content (AvgIpc) is 2.86. The van der Waals surface area contributed by atoms with Crippen molar-refractivity contribution in [2.45, 2.75) is 39.2 Å². The first-order valence-electron chi connectivity index (χ1n) is 12.1. The molecular weight excluding hydrogens is 454 g/mol. The molecule has 1 aliphatic carbocycles. The molecule has 7 nitrogen and oxygen atoms in total. The monoisotopic (exact) mass is 487 g/mol. The molecule has 4 rings (SSSR count). The minimum absolute atomic E-state index is 0.0392. The van der Waals surface area contributed by atoms with E-state index in [0.29, 0.717) is 61.1 Å². The van der Waals surface area contributed by atoms with Crippen molar-refractivity contribution in [2.24, 2.45) is 11.1 Å². The van der Waals surface area contributed by atoms with Gasteiger partial charge in [-0.15, -0.1) is 0 Å². The zero-order valence-corrected chi connectivity index (χ0v) is 21.3. The van der Waals surface area contributed by atoms with E-state index in [1.54, 1.807) is 14.2 Å². The lowest BCUT2D eigenvalue weighted by Crippen LogP contribution is -2.43. The lowest BCUT2D eigenvalue weighted by atomic mass is 9.68. The van der Waals surface area contributed by atoms with E-state index in [1.165, 1.54) is 0 Å². The van der Waals surface area contributed by atoms with Crippen molar-refractivity contribution in [3.8, 4) is 17.6 Å². The summed E-state index contributed by atoms with van der Waals surface area (Å²) in [5.74, 6) is 0.962. The molecule has 36 heavy (non-hydrogen) atoms. The summed E-state index contributed by atoms with van der Waals surface area (Å²) in [6.45, 7) is 5.46. The van der Waals surface area contributed by atoms with Gasteiger partial charge in [-0.1, -0.05) is 50.2 Å². The summed E-state index contributed by atoms with van der Waals surface area (Å²) in [6.07, 6.45) is 1.09. The molecule has 2 aliphatic rings. The Morgan fingerprint density at radius 2 is 1.86 bits per heavy atom. The smallest absolute Gasteiger partial charge is 0.162 e. The van der Waals surface area contributed by atoms with Crippen molar-refractivity contribution < 1.29 is 19.0 Å². The minimum Gasteiger partial charge on any atom is -0.493 e. The third-order valence-corrected chi connectivity index (χ3v) is 6.76. The van der Waals surface area contributed by atoms with Crippen LogP contribution in [0.1, 0.15) is 43.7 Å². The van der Waals surface area contributed by atoms with Crippen molar-refractivity contribution >= 4 is 5.78 Å². The molecule has 0 saturated carbocycles. The number of allylic oxidation sites excluding steroid dienone is 3. The Morgan fingerprint density at radius 3 is 2.53 bits per heavy atom. The third-order valence-electron chi connectivity index (χ3n) is 6.76. The van der Waals surface area contributed by atoms with Crippen LogP contribution < -0.4 is 15.2 Å². The zero-order valence-electron chi connectivity index (χ0n) is 21.3. The van der Waals surface area contributed by atoms with Gasteiger partial charge in [0.1, 0.15) is 12.4 Å². The second-order valence-corrected chi connectivity index (χ2v) is 9.97. The molecule has 0 amide bonds. The van der Waals surface area contributed by atoms with Crippen molar-refractivity contribution in [3.63, 3.8) is 0 Å². The molecule has 0 radical (unpaired) electrons. The fraction of sp³-hybridized carbons (Fsp3) is 0.379. The Morgan fingerprint density at radius 1 is 1.11 bits per heavy atom. The molecule has 2 aromatic rings. The maximum Gasteiger partial charge on any atom is 0.162 e. The summed E-state index contributed by atoms with van der Waals surface area (Å²) < 4.78 is 17.0. The molecule has 1 atom stereocenters. The number of hydrogen-bond acceptors (Lipinski definition) is 7. The van der Waals surface area contributed by atoms with Crippen LogP contribution in [0.15, 0.2) is 71.2 Å². The van der Waals surface area contributed by atoms with E-state index in [9.17, 15) is 10.1 Å². The molecular formula is C29H33N3O4. The van der Waals surface area contributed by atoms with Crippen molar-refractivity contribution in [2.75, 3.05) is 27.4 Å². The molecule has 0 saturated heterocycles. The highest BCUT2D eigenvalue weighted by atomic mass is 16.5. The van der Waals surface area contributed by atoms with Gasteiger partial charge in [-0.2, -0.15) is 5.26 Å². The predicted molar refractivity (Wildman–Crippen MR) is 137 cm³/mol. The number of carbonyl (C=O) groups is 1. The molecule has 2 N–H and O–H groups in total. The van der Waals surface area contributed by atoms with E-state index >= 15 is 0 Å². The highest BCUT2D eigenvalue weighted by Gasteiger charge is 2.44. The maximum absolute atomic E-state index is 13.6. The Kier molecular flexibility index (Phi) is 7.37. The summed E-state index contributed by atoms with van der Waals surface area (Å²) in [6, 6.07) is 17.7. The summed E-state index contributed by atoms with van der Waals surface area (Å²) >= 11 is 0. The molecule has 0 bridgehead atoms. The Balaban J connectivity index is 1.76. The van der Waals surface area contributed by atoms with Gasteiger partial charge in [0.25, 0.3) is 0 Å². The highest BCUT2D eigenvalue weighted by Crippen LogP contribution is 2.49. The van der Waals surface area contributed by atoms with Crippen LogP contribution in [0.4, 0.5) is 0 Å². The van der Waals surface area contributed by atoms with Crippen LogP contribution in [-0.2, 0) is 16.1 Å². The third kappa shape index (κ3) is 4.95. The van der Waals surface area contributed by atoms with Gasteiger partial charge in [0.2, 0.25) is 0 Å². The van der Waals surface area contributed by atoms with Gasteiger partial charge in [-0.05, 0) is 35.1 Å². The second-order valence-electron chi connectivity index (χ2n) is 9.97. The predicted octanol–water partition coefficient (Wildman–Crippen LogP) is 4.66. The van der Waals surface area contributed by atoms with Gasteiger partial charge >= 0.3 is 0 Å². The number of methoxy groups -OCH3 is 2. The molecule has 1 heterocycles. The lowest BCUT2D eigenvalue weighted by molar-refractivity contribution is -0.118. The molecule has 0 spiro atoms. The maximum atomic E-state index is 13.6. The molecule has 0 fully saturated rings. The van der Waals surface area contributed by atoms with Crippen LogP contribution in [-0.4, -0.2) is 38.1 Å². The van der Waals surface area contributed by atoms with Crippen LogP contribution in [0.2, 0.25) is 0 Å². The van der Waals surface area contributed by atoms with Gasteiger partial charge in [-0.3, -0.25) is 4.79 Å².